The minimum Gasteiger partial charge on any atom is -0.193 e. The van der Waals surface area contributed by atoms with E-state index < -0.39 is 0 Å². The molecule has 1 nitrogen and oxygen atoms in total. The highest BCUT2D eigenvalue weighted by Gasteiger charge is 2.02. The number of halogens is 2. The van der Waals surface area contributed by atoms with Crippen LogP contribution >= 0.6 is 23.2 Å². The van der Waals surface area contributed by atoms with Gasteiger partial charge in [-0.15, -0.1) is 0 Å². The summed E-state index contributed by atoms with van der Waals surface area (Å²) in [6.07, 6.45) is 1.45. The monoisotopic (exact) mass is 211 g/mol. The second-order valence-electron chi connectivity index (χ2n) is 2.58. The minimum absolute atomic E-state index is 0.566. The summed E-state index contributed by atoms with van der Waals surface area (Å²) in [5, 5.41) is 9.61. The van der Waals surface area contributed by atoms with E-state index in [9.17, 15) is 0 Å². The van der Waals surface area contributed by atoms with Crippen molar-refractivity contribution in [1.29, 1.82) is 5.26 Å². The summed E-state index contributed by atoms with van der Waals surface area (Å²) in [5.74, 6) is 0. The first-order valence-electron chi connectivity index (χ1n) is 3.67. The molecule has 0 saturated heterocycles. The number of rotatable bonds is 1. The summed E-state index contributed by atoms with van der Waals surface area (Å²) in [6, 6.07) is 7.16. The van der Waals surface area contributed by atoms with E-state index in [2.05, 4.69) is 0 Å². The number of allylic oxidation sites excluding steroid dienone is 2. The molecular weight excluding hydrogens is 205 g/mol. The first-order chi connectivity index (χ1) is 6.15. The fourth-order valence-corrected chi connectivity index (χ4v) is 1.54. The zero-order valence-electron chi connectivity index (χ0n) is 7.01. The maximum atomic E-state index is 8.45. The van der Waals surface area contributed by atoms with Crippen LogP contribution in [0.25, 0.3) is 5.57 Å². The van der Waals surface area contributed by atoms with Gasteiger partial charge in [-0.25, -0.2) is 0 Å². The molecule has 0 aliphatic carbocycles. The number of hydrogen-bond donors (Lipinski definition) is 0. The summed E-state index contributed by atoms with van der Waals surface area (Å²) in [6.45, 7) is 1.83. The van der Waals surface area contributed by atoms with Gasteiger partial charge in [-0.1, -0.05) is 29.3 Å². The number of benzene rings is 1. The number of hydrogen-bond acceptors (Lipinski definition) is 1. The summed E-state index contributed by atoms with van der Waals surface area (Å²) in [4.78, 5) is 0. The Hall–Kier alpha value is -0.970. The van der Waals surface area contributed by atoms with Gasteiger partial charge in [0.2, 0.25) is 0 Å². The Kier molecular flexibility index (Phi) is 3.36. The van der Waals surface area contributed by atoms with E-state index in [-0.39, 0.29) is 0 Å². The van der Waals surface area contributed by atoms with Crippen molar-refractivity contribution in [3.63, 3.8) is 0 Å². The third-order valence-electron chi connectivity index (χ3n) is 1.64. The van der Waals surface area contributed by atoms with Crippen LogP contribution in [0.15, 0.2) is 24.3 Å². The van der Waals surface area contributed by atoms with Crippen molar-refractivity contribution < 1.29 is 0 Å². The Bertz CT molecular complexity index is 388. The zero-order valence-corrected chi connectivity index (χ0v) is 8.52. The first kappa shape index (κ1) is 10.1. The predicted octanol–water partition coefficient (Wildman–Crippen LogP) is 3.92. The van der Waals surface area contributed by atoms with Gasteiger partial charge < -0.3 is 0 Å². The Labute approximate surface area is 87.2 Å². The van der Waals surface area contributed by atoms with Crippen molar-refractivity contribution in [1.82, 2.24) is 0 Å². The second-order valence-corrected chi connectivity index (χ2v) is 3.42. The topological polar surface area (TPSA) is 23.8 Å². The van der Waals surface area contributed by atoms with Gasteiger partial charge in [-0.2, -0.15) is 5.26 Å². The van der Waals surface area contributed by atoms with Crippen molar-refractivity contribution in [2.45, 2.75) is 6.92 Å². The van der Waals surface area contributed by atoms with Crippen molar-refractivity contribution in [2.24, 2.45) is 0 Å². The van der Waals surface area contributed by atoms with Gasteiger partial charge in [0.25, 0.3) is 0 Å². The normalized spacial score (nSPS) is 11.1. The average molecular weight is 212 g/mol. The molecule has 0 N–H and O–H groups in total. The van der Waals surface area contributed by atoms with E-state index in [1.165, 1.54) is 6.08 Å². The molecule has 0 saturated carbocycles. The smallest absolute Gasteiger partial charge is 0.0915 e. The SMILES string of the molecule is C/C(=C/C#N)c1ccc(Cl)cc1Cl. The third kappa shape index (κ3) is 2.48. The van der Waals surface area contributed by atoms with Gasteiger partial charge in [-0.3, -0.25) is 0 Å². The van der Waals surface area contributed by atoms with Gasteiger partial charge in [0.05, 0.1) is 6.07 Å². The number of nitrogens with zero attached hydrogens (tertiary/aromatic N) is 1. The highest BCUT2D eigenvalue weighted by molar-refractivity contribution is 6.35. The highest BCUT2D eigenvalue weighted by atomic mass is 35.5. The van der Waals surface area contributed by atoms with Crippen LogP contribution in [0.5, 0.6) is 0 Å². The summed E-state index contributed by atoms with van der Waals surface area (Å²) < 4.78 is 0. The van der Waals surface area contributed by atoms with Gasteiger partial charge in [0.1, 0.15) is 0 Å². The van der Waals surface area contributed by atoms with E-state index in [0.717, 1.165) is 11.1 Å². The molecule has 1 aromatic carbocycles. The van der Waals surface area contributed by atoms with Crippen LogP contribution < -0.4 is 0 Å². The molecule has 0 fully saturated rings. The largest absolute Gasteiger partial charge is 0.193 e. The minimum atomic E-state index is 0.566. The van der Waals surface area contributed by atoms with E-state index in [4.69, 9.17) is 28.5 Å². The van der Waals surface area contributed by atoms with Crippen LogP contribution in [0, 0.1) is 11.3 Å². The predicted molar refractivity (Wildman–Crippen MR) is 55.7 cm³/mol. The highest BCUT2D eigenvalue weighted by Crippen LogP contribution is 2.26. The standard InChI is InChI=1S/C10H7Cl2N/c1-7(4-5-13)9-3-2-8(11)6-10(9)12/h2-4,6H,1H3/b7-4-. The molecule has 0 bridgehead atoms. The lowest BCUT2D eigenvalue weighted by Crippen LogP contribution is -1.80. The van der Waals surface area contributed by atoms with Gasteiger partial charge in [0.15, 0.2) is 0 Å². The summed E-state index contributed by atoms with van der Waals surface area (Å²) in [5.41, 5.74) is 1.68. The molecular formula is C10H7Cl2N. The van der Waals surface area contributed by atoms with E-state index in [1.54, 1.807) is 18.2 Å². The Balaban J connectivity index is 3.18. The van der Waals surface area contributed by atoms with Crippen LogP contribution in [-0.2, 0) is 0 Å². The molecule has 0 radical (unpaired) electrons. The molecule has 0 unspecified atom stereocenters. The van der Waals surface area contributed by atoms with E-state index >= 15 is 0 Å². The average Bonchev–Trinajstić information content (AvgIpc) is 2.04. The third-order valence-corrected chi connectivity index (χ3v) is 2.18. The van der Waals surface area contributed by atoms with Crippen LogP contribution in [0.1, 0.15) is 12.5 Å². The van der Waals surface area contributed by atoms with Gasteiger partial charge in [-0.05, 0) is 30.2 Å². The van der Waals surface area contributed by atoms with Crippen molar-refractivity contribution in [3.8, 4) is 6.07 Å². The second kappa shape index (κ2) is 4.32. The molecule has 3 heteroatoms. The molecule has 0 aliphatic heterocycles. The Morgan fingerprint density at radius 3 is 2.69 bits per heavy atom. The first-order valence-corrected chi connectivity index (χ1v) is 4.42. The molecule has 1 rings (SSSR count). The maximum absolute atomic E-state index is 8.45. The van der Waals surface area contributed by atoms with Crippen molar-refractivity contribution in [2.75, 3.05) is 0 Å². The lowest BCUT2D eigenvalue weighted by Gasteiger charge is -2.02. The Morgan fingerprint density at radius 2 is 2.15 bits per heavy atom. The van der Waals surface area contributed by atoms with Crippen LogP contribution in [0.2, 0.25) is 10.0 Å². The fourth-order valence-electron chi connectivity index (χ4n) is 0.984. The lowest BCUT2D eigenvalue weighted by molar-refractivity contribution is 1.51. The molecule has 0 aliphatic rings. The zero-order chi connectivity index (χ0) is 9.84. The molecule has 0 amide bonds. The van der Waals surface area contributed by atoms with Crippen LogP contribution in [0.3, 0.4) is 0 Å². The molecule has 0 heterocycles. The van der Waals surface area contributed by atoms with Crippen molar-refractivity contribution >= 4 is 28.8 Å². The van der Waals surface area contributed by atoms with Crippen molar-refractivity contribution in [3.05, 3.63) is 39.9 Å². The molecule has 13 heavy (non-hydrogen) atoms. The van der Waals surface area contributed by atoms with Gasteiger partial charge >= 0.3 is 0 Å². The van der Waals surface area contributed by atoms with Gasteiger partial charge in [0, 0.05) is 16.1 Å². The molecule has 0 spiro atoms. The van der Waals surface area contributed by atoms with Crippen LogP contribution in [-0.4, -0.2) is 0 Å². The fraction of sp³-hybridized carbons (Fsp3) is 0.100. The summed E-state index contributed by atoms with van der Waals surface area (Å²) >= 11 is 11.7. The summed E-state index contributed by atoms with van der Waals surface area (Å²) in [7, 11) is 0. The molecule has 0 aromatic heterocycles. The Morgan fingerprint density at radius 1 is 1.46 bits per heavy atom. The van der Waals surface area contributed by atoms with E-state index in [1.807, 2.05) is 13.0 Å². The number of nitriles is 1. The molecule has 0 atom stereocenters. The molecule has 66 valence electrons. The lowest BCUT2D eigenvalue weighted by atomic mass is 10.1. The van der Waals surface area contributed by atoms with E-state index in [0.29, 0.717) is 10.0 Å². The van der Waals surface area contributed by atoms with Crippen LogP contribution in [0.4, 0.5) is 0 Å². The quantitative estimate of drug-likeness (QED) is 0.647. The molecule has 1 aromatic rings. The maximum Gasteiger partial charge on any atom is 0.0915 e.